The van der Waals surface area contributed by atoms with Crippen molar-refractivity contribution in [2.24, 2.45) is 5.92 Å². The second-order valence-corrected chi connectivity index (χ2v) is 4.38. The van der Waals surface area contributed by atoms with E-state index in [1.165, 1.54) is 25.9 Å². The van der Waals surface area contributed by atoms with Crippen LogP contribution in [-0.2, 0) is 0 Å². The van der Waals surface area contributed by atoms with Crippen LogP contribution in [0.4, 0.5) is 0 Å². The molecule has 2 heteroatoms. The molecule has 0 atom stereocenters. The summed E-state index contributed by atoms with van der Waals surface area (Å²) in [7, 11) is 2.20. The molecule has 76 valence electrons. The Labute approximate surface area is 86.8 Å². The average Bonchev–Trinajstić information content (AvgIpc) is 2.15. The summed E-state index contributed by atoms with van der Waals surface area (Å²) < 4.78 is 0. The van der Waals surface area contributed by atoms with Gasteiger partial charge in [-0.25, -0.2) is 0 Å². The fourth-order valence-corrected chi connectivity index (χ4v) is 2.02. The third kappa shape index (κ3) is 3.70. The fraction of sp³-hybridized carbons (Fsp3) is 0.818. The molecule has 1 nitrogen and oxygen atoms in total. The van der Waals surface area contributed by atoms with Gasteiger partial charge in [-0.2, -0.15) is 0 Å². The van der Waals surface area contributed by atoms with Crippen LogP contribution in [-0.4, -0.2) is 30.9 Å². The lowest BCUT2D eigenvalue weighted by Gasteiger charge is -2.29. The quantitative estimate of drug-likeness (QED) is 0.502. The third-order valence-corrected chi connectivity index (χ3v) is 3.16. The molecule has 1 saturated heterocycles. The van der Waals surface area contributed by atoms with E-state index in [0.29, 0.717) is 0 Å². The van der Waals surface area contributed by atoms with Crippen LogP contribution < -0.4 is 0 Å². The summed E-state index contributed by atoms with van der Waals surface area (Å²) >= 11 is 5.65. The number of likely N-dealkylation sites (tertiary alicyclic amines) is 1. The van der Waals surface area contributed by atoms with Gasteiger partial charge in [-0.1, -0.05) is 11.6 Å². The molecule has 0 aromatic carbocycles. The Hall–Kier alpha value is -0.0100. The zero-order valence-corrected chi connectivity index (χ0v) is 9.48. The summed E-state index contributed by atoms with van der Waals surface area (Å²) in [4.78, 5) is 2.41. The summed E-state index contributed by atoms with van der Waals surface area (Å²) in [5.41, 5.74) is 1.55. The largest absolute Gasteiger partial charge is 0.306 e. The van der Waals surface area contributed by atoms with Crippen molar-refractivity contribution in [3.05, 3.63) is 11.6 Å². The van der Waals surface area contributed by atoms with E-state index in [9.17, 15) is 0 Å². The molecule has 0 radical (unpaired) electrons. The third-order valence-electron chi connectivity index (χ3n) is 2.94. The highest BCUT2D eigenvalue weighted by Crippen LogP contribution is 2.23. The van der Waals surface area contributed by atoms with Crippen LogP contribution in [0.1, 0.15) is 26.2 Å². The Kier molecular flexibility index (Phi) is 4.82. The van der Waals surface area contributed by atoms with Crippen LogP contribution in [0.2, 0.25) is 0 Å². The molecule has 1 aliphatic heterocycles. The van der Waals surface area contributed by atoms with Crippen molar-refractivity contribution < 1.29 is 0 Å². The highest BCUT2D eigenvalue weighted by atomic mass is 35.5. The molecule has 0 spiro atoms. The zero-order chi connectivity index (χ0) is 9.68. The predicted molar refractivity (Wildman–Crippen MR) is 59.3 cm³/mol. The van der Waals surface area contributed by atoms with Crippen LogP contribution in [0.15, 0.2) is 11.6 Å². The molecular weight excluding hydrogens is 182 g/mol. The van der Waals surface area contributed by atoms with Crippen LogP contribution in [0.3, 0.4) is 0 Å². The van der Waals surface area contributed by atoms with Crippen molar-refractivity contribution in [2.45, 2.75) is 26.2 Å². The zero-order valence-electron chi connectivity index (χ0n) is 8.72. The first-order valence-corrected chi connectivity index (χ1v) is 5.68. The summed E-state index contributed by atoms with van der Waals surface area (Å²) in [5, 5.41) is 0. The van der Waals surface area contributed by atoms with Gasteiger partial charge in [0.15, 0.2) is 0 Å². The molecule has 0 unspecified atom stereocenters. The lowest BCUT2D eigenvalue weighted by Crippen LogP contribution is -2.30. The van der Waals surface area contributed by atoms with Crippen molar-refractivity contribution in [3.8, 4) is 0 Å². The maximum Gasteiger partial charge on any atom is 0.0258 e. The van der Waals surface area contributed by atoms with Gasteiger partial charge in [0, 0.05) is 5.88 Å². The standard InChI is InChI=1S/C11H20ClN/c1-10(4-3-7-12)11-5-8-13(2)9-6-11/h4,11H,3,5-9H2,1-2H3/b10-4+. The number of allylic oxidation sites excluding steroid dienone is 2. The molecule has 13 heavy (non-hydrogen) atoms. The van der Waals surface area contributed by atoms with Gasteiger partial charge < -0.3 is 4.90 Å². The molecule has 1 heterocycles. The maximum absolute atomic E-state index is 5.65. The minimum absolute atomic E-state index is 0.754. The van der Waals surface area contributed by atoms with E-state index in [-0.39, 0.29) is 0 Å². The molecule has 1 aliphatic rings. The highest BCUT2D eigenvalue weighted by molar-refractivity contribution is 6.17. The highest BCUT2D eigenvalue weighted by Gasteiger charge is 2.17. The maximum atomic E-state index is 5.65. The van der Waals surface area contributed by atoms with Gasteiger partial charge in [0.2, 0.25) is 0 Å². The molecule has 0 aromatic rings. The number of rotatable bonds is 3. The predicted octanol–water partition coefficient (Wildman–Crippen LogP) is 2.90. The van der Waals surface area contributed by atoms with Crippen LogP contribution in [0.25, 0.3) is 0 Å². The summed E-state index contributed by atoms with van der Waals surface area (Å²) in [6, 6.07) is 0. The first kappa shape index (κ1) is 11.1. The summed E-state index contributed by atoms with van der Waals surface area (Å²) in [5.74, 6) is 1.57. The van der Waals surface area contributed by atoms with Crippen molar-refractivity contribution in [2.75, 3.05) is 26.0 Å². The van der Waals surface area contributed by atoms with Gasteiger partial charge in [-0.3, -0.25) is 0 Å². The van der Waals surface area contributed by atoms with E-state index < -0.39 is 0 Å². The van der Waals surface area contributed by atoms with Crippen LogP contribution in [0.5, 0.6) is 0 Å². The smallest absolute Gasteiger partial charge is 0.0258 e. The lowest BCUT2D eigenvalue weighted by atomic mass is 9.90. The average molecular weight is 202 g/mol. The molecule has 0 saturated carbocycles. The van der Waals surface area contributed by atoms with Gasteiger partial charge in [0.25, 0.3) is 0 Å². The first-order chi connectivity index (χ1) is 6.24. The van der Waals surface area contributed by atoms with E-state index in [2.05, 4.69) is 24.9 Å². The van der Waals surface area contributed by atoms with Gasteiger partial charge in [-0.15, -0.1) is 11.6 Å². The number of nitrogens with zero attached hydrogens (tertiary/aromatic N) is 1. The molecule has 0 aromatic heterocycles. The van der Waals surface area contributed by atoms with E-state index in [4.69, 9.17) is 11.6 Å². The molecular formula is C11H20ClN. The Morgan fingerprint density at radius 3 is 2.62 bits per heavy atom. The van der Waals surface area contributed by atoms with Crippen molar-refractivity contribution >= 4 is 11.6 Å². The monoisotopic (exact) mass is 201 g/mol. The Morgan fingerprint density at radius 1 is 1.46 bits per heavy atom. The molecule has 0 bridgehead atoms. The SMILES string of the molecule is C/C(=C\CCCl)C1CCN(C)CC1. The first-order valence-electron chi connectivity index (χ1n) is 5.15. The van der Waals surface area contributed by atoms with Crippen LogP contribution in [0, 0.1) is 5.92 Å². The Morgan fingerprint density at radius 2 is 2.08 bits per heavy atom. The van der Waals surface area contributed by atoms with E-state index in [1.54, 1.807) is 5.57 Å². The van der Waals surface area contributed by atoms with Gasteiger partial charge in [0.05, 0.1) is 0 Å². The minimum Gasteiger partial charge on any atom is -0.306 e. The minimum atomic E-state index is 0.754. The van der Waals surface area contributed by atoms with Gasteiger partial charge >= 0.3 is 0 Å². The van der Waals surface area contributed by atoms with E-state index >= 15 is 0 Å². The number of hydrogen-bond donors (Lipinski definition) is 0. The Bertz CT molecular complexity index is 169. The van der Waals surface area contributed by atoms with Gasteiger partial charge in [0.1, 0.15) is 0 Å². The van der Waals surface area contributed by atoms with Gasteiger partial charge in [-0.05, 0) is 52.2 Å². The van der Waals surface area contributed by atoms with E-state index in [1.807, 2.05) is 0 Å². The number of halogens is 1. The van der Waals surface area contributed by atoms with Crippen molar-refractivity contribution in [1.82, 2.24) is 4.90 Å². The number of piperidine rings is 1. The van der Waals surface area contributed by atoms with Crippen LogP contribution >= 0.6 is 11.6 Å². The number of hydrogen-bond acceptors (Lipinski definition) is 1. The fourth-order valence-electron chi connectivity index (χ4n) is 1.91. The molecule has 0 N–H and O–H groups in total. The van der Waals surface area contributed by atoms with Crippen molar-refractivity contribution in [3.63, 3.8) is 0 Å². The molecule has 1 fully saturated rings. The second-order valence-electron chi connectivity index (χ2n) is 4.00. The molecule has 1 rings (SSSR count). The lowest BCUT2D eigenvalue weighted by molar-refractivity contribution is 0.238. The Balaban J connectivity index is 2.35. The number of alkyl halides is 1. The molecule has 0 aliphatic carbocycles. The van der Waals surface area contributed by atoms with Crippen molar-refractivity contribution in [1.29, 1.82) is 0 Å². The topological polar surface area (TPSA) is 3.24 Å². The summed E-state index contributed by atoms with van der Waals surface area (Å²) in [6.45, 7) is 4.75. The summed E-state index contributed by atoms with van der Waals surface area (Å²) in [6.07, 6.45) is 5.98. The second kappa shape index (κ2) is 5.66. The normalized spacial score (nSPS) is 22.2. The van der Waals surface area contributed by atoms with E-state index in [0.717, 1.165) is 18.2 Å². The molecule has 0 amide bonds.